The van der Waals surface area contributed by atoms with Crippen LogP contribution in [0, 0.1) is 0 Å². The molecule has 0 fully saturated rings. The molecule has 57 heavy (non-hydrogen) atoms. The van der Waals surface area contributed by atoms with Crippen LogP contribution in [0.3, 0.4) is 0 Å². The molecule has 0 aromatic carbocycles. The summed E-state index contributed by atoms with van der Waals surface area (Å²) in [5, 5.41) is 23.2. The lowest BCUT2D eigenvalue weighted by Crippen LogP contribution is -2.45. The third kappa shape index (κ3) is 46.3. The zero-order valence-electron chi connectivity index (χ0n) is 39.4. The van der Waals surface area contributed by atoms with E-state index in [-0.39, 0.29) is 12.5 Å². The molecule has 0 spiro atoms. The van der Waals surface area contributed by atoms with Crippen molar-refractivity contribution in [3.8, 4) is 0 Å². The largest absolute Gasteiger partial charge is 0.394 e. The fourth-order valence-corrected chi connectivity index (χ4v) is 8.78. The summed E-state index contributed by atoms with van der Waals surface area (Å²) < 4.78 is 0. The third-order valence-corrected chi connectivity index (χ3v) is 12.9. The summed E-state index contributed by atoms with van der Waals surface area (Å²) >= 11 is 0. The molecule has 0 saturated heterocycles. The second-order valence-corrected chi connectivity index (χ2v) is 18.7. The van der Waals surface area contributed by atoms with E-state index in [0.29, 0.717) is 12.8 Å². The van der Waals surface area contributed by atoms with E-state index in [1.807, 2.05) is 0 Å². The van der Waals surface area contributed by atoms with Gasteiger partial charge in [0.1, 0.15) is 0 Å². The maximum absolute atomic E-state index is 12.4. The van der Waals surface area contributed by atoms with Crippen molar-refractivity contribution in [3.63, 3.8) is 0 Å². The minimum absolute atomic E-state index is 0.0251. The molecule has 0 aliphatic heterocycles. The van der Waals surface area contributed by atoms with Crippen LogP contribution in [0.5, 0.6) is 0 Å². The van der Waals surface area contributed by atoms with E-state index in [1.165, 1.54) is 263 Å². The SMILES string of the molecule is CCCCCCCCCCCCCCCCCCCCCCCCCCCCCCCCCCCCC(=O)NC(CO)C(O)CCCCCCCCCCCCC. The number of amides is 1. The third-order valence-electron chi connectivity index (χ3n) is 12.9. The van der Waals surface area contributed by atoms with E-state index in [9.17, 15) is 15.0 Å². The number of carbonyl (C=O) groups excluding carboxylic acids is 1. The first-order valence-electron chi connectivity index (χ1n) is 26.7. The Kier molecular flexibility index (Phi) is 49.2. The van der Waals surface area contributed by atoms with Crippen LogP contribution >= 0.6 is 0 Å². The fraction of sp³-hybridized carbons (Fsp3) is 0.981. The van der Waals surface area contributed by atoms with Gasteiger partial charge in [-0.2, -0.15) is 0 Å². The molecule has 0 rings (SSSR count). The van der Waals surface area contributed by atoms with Crippen molar-refractivity contribution in [3.05, 3.63) is 0 Å². The first-order valence-corrected chi connectivity index (χ1v) is 26.7. The van der Waals surface area contributed by atoms with Crippen molar-refractivity contribution in [1.82, 2.24) is 5.32 Å². The second kappa shape index (κ2) is 49.8. The van der Waals surface area contributed by atoms with E-state index < -0.39 is 12.1 Å². The number of aliphatic hydroxyl groups is 2. The van der Waals surface area contributed by atoms with Crippen LogP contribution in [0.4, 0.5) is 0 Å². The van der Waals surface area contributed by atoms with Crippen LogP contribution in [0.2, 0.25) is 0 Å². The van der Waals surface area contributed by atoms with Gasteiger partial charge in [0.05, 0.1) is 18.8 Å². The molecule has 0 aliphatic carbocycles. The number of unbranched alkanes of at least 4 members (excludes halogenated alkanes) is 43. The van der Waals surface area contributed by atoms with Crippen molar-refractivity contribution < 1.29 is 15.0 Å². The fourth-order valence-electron chi connectivity index (χ4n) is 8.78. The lowest BCUT2D eigenvalue weighted by Gasteiger charge is -2.22. The zero-order valence-corrected chi connectivity index (χ0v) is 39.4. The highest BCUT2D eigenvalue weighted by atomic mass is 16.3. The van der Waals surface area contributed by atoms with Gasteiger partial charge in [-0.25, -0.2) is 0 Å². The summed E-state index contributed by atoms with van der Waals surface area (Å²) in [7, 11) is 0. The number of aliphatic hydroxyl groups excluding tert-OH is 2. The van der Waals surface area contributed by atoms with Crippen molar-refractivity contribution in [2.24, 2.45) is 0 Å². The molecular formula is C53H107NO3. The summed E-state index contributed by atoms with van der Waals surface area (Å²) in [6.45, 7) is 4.38. The molecule has 0 saturated carbocycles. The van der Waals surface area contributed by atoms with E-state index in [4.69, 9.17) is 0 Å². The van der Waals surface area contributed by atoms with Gasteiger partial charge in [0.2, 0.25) is 5.91 Å². The smallest absolute Gasteiger partial charge is 0.220 e. The van der Waals surface area contributed by atoms with Gasteiger partial charge in [-0.3, -0.25) is 4.79 Å². The molecule has 0 aromatic rings. The van der Waals surface area contributed by atoms with Crippen LogP contribution in [0.15, 0.2) is 0 Å². The first-order chi connectivity index (χ1) is 28.2. The van der Waals surface area contributed by atoms with Crippen LogP contribution in [-0.2, 0) is 4.79 Å². The number of carbonyl (C=O) groups is 1. The van der Waals surface area contributed by atoms with Gasteiger partial charge in [-0.15, -0.1) is 0 Å². The predicted octanol–water partition coefficient (Wildman–Crippen LogP) is 17.2. The highest BCUT2D eigenvalue weighted by Gasteiger charge is 2.20. The normalized spacial score (nSPS) is 12.7. The number of rotatable bonds is 50. The summed E-state index contributed by atoms with van der Waals surface area (Å²) in [5.41, 5.74) is 0. The second-order valence-electron chi connectivity index (χ2n) is 18.7. The average molecular weight is 806 g/mol. The Morgan fingerprint density at radius 1 is 0.351 bits per heavy atom. The summed E-state index contributed by atoms with van der Waals surface area (Å²) in [6, 6.07) is -0.529. The van der Waals surface area contributed by atoms with Crippen LogP contribution in [0.1, 0.15) is 316 Å². The molecule has 2 atom stereocenters. The Bertz CT molecular complexity index is 744. The number of hydrogen-bond acceptors (Lipinski definition) is 3. The monoisotopic (exact) mass is 806 g/mol. The summed E-state index contributed by atoms with van der Waals surface area (Å²) in [5.74, 6) is -0.0251. The first kappa shape index (κ1) is 56.4. The maximum atomic E-state index is 12.4. The lowest BCUT2D eigenvalue weighted by atomic mass is 10.0. The predicted molar refractivity (Wildman–Crippen MR) is 253 cm³/mol. The number of nitrogens with one attached hydrogen (secondary N) is 1. The number of hydrogen-bond donors (Lipinski definition) is 3. The molecule has 3 N–H and O–H groups in total. The minimum atomic E-state index is -0.652. The van der Waals surface area contributed by atoms with E-state index in [1.54, 1.807) is 0 Å². The molecule has 342 valence electrons. The van der Waals surface area contributed by atoms with Gasteiger partial charge in [0, 0.05) is 6.42 Å². The standard InChI is InChI=1S/C53H107NO3/c1-3-5-7-9-11-13-15-16-17-18-19-20-21-22-23-24-25-26-27-28-29-30-31-32-33-34-35-36-37-39-41-43-45-47-49-53(57)54-51(50-55)52(56)48-46-44-42-40-38-14-12-10-8-6-4-2/h51-52,55-56H,3-50H2,1-2H3,(H,54,57). The molecule has 0 heterocycles. The Morgan fingerprint density at radius 2 is 0.561 bits per heavy atom. The van der Waals surface area contributed by atoms with Gasteiger partial charge in [-0.05, 0) is 12.8 Å². The highest BCUT2D eigenvalue weighted by molar-refractivity contribution is 5.76. The topological polar surface area (TPSA) is 69.6 Å². The van der Waals surface area contributed by atoms with E-state index in [0.717, 1.165) is 25.7 Å². The molecule has 0 radical (unpaired) electrons. The molecule has 0 aromatic heterocycles. The average Bonchev–Trinajstić information content (AvgIpc) is 3.22. The molecule has 2 unspecified atom stereocenters. The molecular weight excluding hydrogens is 699 g/mol. The summed E-state index contributed by atoms with van der Waals surface area (Å²) in [6.07, 6.45) is 62.4. The van der Waals surface area contributed by atoms with E-state index in [2.05, 4.69) is 19.2 Å². The highest BCUT2D eigenvalue weighted by Crippen LogP contribution is 2.18. The molecule has 0 bridgehead atoms. The minimum Gasteiger partial charge on any atom is -0.394 e. The van der Waals surface area contributed by atoms with E-state index >= 15 is 0 Å². The van der Waals surface area contributed by atoms with Crippen molar-refractivity contribution in [2.45, 2.75) is 328 Å². The van der Waals surface area contributed by atoms with Crippen LogP contribution in [-0.4, -0.2) is 34.9 Å². The molecule has 4 heteroatoms. The quantitative estimate of drug-likeness (QED) is 0.0536. The van der Waals surface area contributed by atoms with Crippen molar-refractivity contribution >= 4 is 5.91 Å². The Balaban J connectivity index is 3.32. The Hall–Kier alpha value is -0.610. The van der Waals surface area contributed by atoms with Crippen LogP contribution < -0.4 is 5.32 Å². The summed E-state index contributed by atoms with van der Waals surface area (Å²) in [4.78, 5) is 12.4. The maximum Gasteiger partial charge on any atom is 0.220 e. The Labute approximate surface area is 359 Å². The molecule has 4 nitrogen and oxygen atoms in total. The van der Waals surface area contributed by atoms with Crippen LogP contribution in [0.25, 0.3) is 0 Å². The van der Waals surface area contributed by atoms with Crippen molar-refractivity contribution in [2.75, 3.05) is 6.61 Å². The van der Waals surface area contributed by atoms with Gasteiger partial charge in [-0.1, -0.05) is 296 Å². The molecule has 1 amide bonds. The lowest BCUT2D eigenvalue weighted by molar-refractivity contribution is -0.123. The van der Waals surface area contributed by atoms with Crippen molar-refractivity contribution in [1.29, 1.82) is 0 Å². The van der Waals surface area contributed by atoms with Gasteiger partial charge in [0.15, 0.2) is 0 Å². The zero-order chi connectivity index (χ0) is 41.4. The van der Waals surface area contributed by atoms with Gasteiger partial charge >= 0.3 is 0 Å². The Morgan fingerprint density at radius 3 is 0.789 bits per heavy atom. The molecule has 0 aliphatic rings. The van der Waals surface area contributed by atoms with Gasteiger partial charge in [0.25, 0.3) is 0 Å². The van der Waals surface area contributed by atoms with Gasteiger partial charge < -0.3 is 15.5 Å².